The van der Waals surface area contributed by atoms with Gasteiger partial charge in [0.05, 0.1) is 22.8 Å². The standard InChI is InChI=1S/C44H34N2/c1-5-15-31(16-6-1)35-25-36(32-17-7-2-8-18-32)28-39(27-35)43-44(46-42-24-14-13-23-41(42)45-43)40-29-37(33-19-9-3-10-20-33)26-38(30-40)34-21-11-4-12-22-34/h1-12,15-22,25-30H,13-14,23-24H2. The number of hydrogen-bond donors (Lipinski definition) is 0. The Hall–Kier alpha value is -5.60. The fraction of sp³-hybridized carbons (Fsp3) is 0.0909. The fourth-order valence-electron chi connectivity index (χ4n) is 6.61. The molecule has 0 amide bonds. The summed E-state index contributed by atoms with van der Waals surface area (Å²) in [6.45, 7) is 0. The molecule has 220 valence electrons. The summed E-state index contributed by atoms with van der Waals surface area (Å²) >= 11 is 0. The van der Waals surface area contributed by atoms with Crippen molar-refractivity contribution in [1.29, 1.82) is 0 Å². The van der Waals surface area contributed by atoms with Crippen LogP contribution in [-0.2, 0) is 12.8 Å². The Kier molecular flexibility index (Phi) is 7.54. The van der Waals surface area contributed by atoms with E-state index in [1.165, 1.54) is 44.5 Å². The SMILES string of the molecule is c1ccc(-c2cc(-c3ccccc3)cc(-c3nc4c(nc3-c3cc(-c5ccccc5)cc(-c5ccccc5)c3)CCCC4)c2)cc1. The molecule has 0 spiro atoms. The smallest absolute Gasteiger partial charge is 0.0969 e. The summed E-state index contributed by atoms with van der Waals surface area (Å²) in [5, 5.41) is 0. The fourth-order valence-corrected chi connectivity index (χ4v) is 6.61. The van der Waals surface area contributed by atoms with Crippen LogP contribution in [0.5, 0.6) is 0 Å². The number of hydrogen-bond acceptors (Lipinski definition) is 2. The molecule has 0 bridgehead atoms. The number of fused-ring (bicyclic) bond motifs is 1. The van der Waals surface area contributed by atoms with Crippen LogP contribution in [0.2, 0.25) is 0 Å². The monoisotopic (exact) mass is 590 g/mol. The lowest BCUT2D eigenvalue weighted by atomic mass is 9.91. The molecule has 0 saturated carbocycles. The third-order valence-electron chi connectivity index (χ3n) is 8.97. The van der Waals surface area contributed by atoms with Gasteiger partial charge in [0.25, 0.3) is 0 Å². The predicted molar refractivity (Wildman–Crippen MR) is 191 cm³/mol. The van der Waals surface area contributed by atoms with Gasteiger partial charge in [0.1, 0.15) is 0 Å². The summed E-state index contributed by atoms with van der Waals surface area (Å²) in [7, 11) is 0. The Morgan fingerprint density at radius 1 is 0.283 bits per heavy atom. The largest absolute Gasteiger partial charge is 0.249 e. The van der Waals surface area contributed by atoms with Crippen molar-refractivity contribution in [3.63, 3.8) is 0 Å². The topological polar surface area (TPSA) is 25.8 Å². The highest BCUT2D eigenvalue weighted by Gasteiger charge is 2.21. The second-order valence-corrected chi connectivity index (χ2v) is 12.1. The van der Waals surface area contributed by atoms with E-state index in [2.05, 4.69) is 158 Å². The number of nitrogens with zero attached hydrogens (tertiary/aromatic N) is 2. The average molecular weight is 591 g/mol. The Labute approximate surface area is 271 Å². The van der Waals surface area contributed by atoms with Gasteiger partial charge in [-0.3, -0.25) is 0 Å². The molecule has 1 aliphatic rings. The molecular formula is C44H34N2. The van der Waals surface area contributed by atoms with Crippen LogP contribution in [-0.4, -0.2) is 9.97 Å². The highest BCUT2D eigenvalue weighted by Crippen LogP contribution is 2.40. The third-order valence-corrected chi connectivity index (χ3v) is 8.97. The van der Waals surface area contributed by atoms with Gasteiger partial charge in [0, 0.05) is 11.1 Å². The van der Waals surface area contributed by atoms with Gasteiger partial charge >= 0.3 is 0 Å². The average Bonchev–Trinajstić information content (AvgIpc) is 3.15. The maximum absolute atomic E-state index is 5.47. The predicted octanol–water partition coefficient (Wildman–Crippen LogP) is 11.4. The molecule has 1 heterocycles. The van der Waals surface area contributed by atoms with Crippen molar-refractivity contribution in [2.24, 2.45) is 0 Å². The van der Waals surface area contributed by atoms with Gasteiger partial charge in [0.2, 0.25) is 0 Å². The molecule has 1 aliphatic carbocycles. The van der Waals surface area contributed by atoms with Crippen molar-refractivity contribution >= 4 is 0 Å². The summed E-state index contributed by atoms with van der Waals surface area (Å²) in [6, 6.07) is 56.4. The Bertz CT molecular complexity index is 1850. The molecule has 0 radical (unpaired) electrons. The van der Waals surface area contributed by atoms with Crippen molar-refractivity contribution < 1.29 is 0 Å². The number of benzene rings is 6. The van der Waals surface area contributed by atoms with Crippen LogP contribution < -0.4 is 0 Å². The first-order chi connectivity index (χ1) is 22.8. The minimum atomic E-state index is 0.944. The minimum Gasteiger partial charge on any atom is -0.249 e. The van der Waals surface area contributed by atoms with E-state index in [4.69, 9.17) is 9.97 Å². The van der Waals surface area contributed by atoms with Gasteiger partial charge in [-0.05, 0) is 107 Å². The van der Waals surface area contributed by atoms with E-state index in [0.29, 0.717) is 0 Å². The molecule has 0 fully saturated rings. The second-order valence-electron chi connectivity index (χ2n) is 12.1. The van der Waals surface area contributed by atoms with Crippen LogP contribution in [0.1, 0.15) is 24.2 Å². The summed E-state index contributed by atoms with van der Waals surface area (Å²) in [6.07, 6.45) is 4.25. The first-order valence-electron chi connectivity index (χ1n) is 16.2. The molecule has 0 atom stereocenters. The number of aromatic nitrogens is 2. The normalized spacial score (nSPS) is 12.4. The summed E-state index contributed by atoms with van der Waals surface area (Å²) in [4.78, 5) is 10.9. The second kappa shape index (κ2) is 12.4. The maximum Gasteiger partial charge on any atom is 0.0969 e. The van der Waals surface area contributed by atoms with Crippen LogP contribution >= 0.6 is 0 Å². The first-order valence-corrected chi connectivity index (χ1v) is 16.2. The maximum atomic E-state index is 5.47. The molecule has 6 aromatic carbocycles. The summed E-state index contributed by atoms with van der Waals surface area (Å²) < 4.78 is 0. The quantitative estimate of drug-likeness (QED) is 0.193. The van der Waals surface area contributed by atoms with Crippen molar-refractivity contribution in [2.45, 2.75) is 25.7 Å². The zero-order valence-corrected chi connectivity index (χ0v) is 25.7. The molecule has 7 aromatic rings. The molecule has 1 aromatic heterocycles. The molecule has 0 unspecified atom stereocenters. The molecule has 46 heavy (non-hydrogen) atoms. The number of rotatable bonds is 6. The van der Waals surface area contributed by atoms with Gasteiger partial charge in [-0.25, -0.2) is 9.97 Å². The number of aryl methyl sites for hydroxylation is 2. The van der Waals surface area contributed by atoms with Crippen molar-refractivity contribution in [3.8, 4) is 67.0 Å². The van der Waals surface area contributed by atoms with Gasteiger partial charge in [-0.1, -0.05) is 121 Å². The molecular weight excluding hydrogens is 556 g/mol. The highest BCUT2D eigenvalue weighted by molar-refractivity contribution is 5.88. The van der Waals surface area contributed by atoms with Gasteiger partial charge in [-0.15, -0.1) is 0 Å². The van der Waals surface area contributed by atoms with Gasteiger partial charge in [0.15, 0.2) is 0 Å². The first kappa shape index (κ1) is 27.9. The molecule has 0 saturated heterocycles. The van der Waals surface area contributed by atoms with Crippen LogP contribution in [0, 0.1) is 0 Å². The molecule has 0 N–H and O–H groups in total. The van der Waals surface area contributed by atoms with E-state index in [1.807, 2.05) is 0 Å². The molecule has 8 rings (SSSR count). The van der Waals surface area contributed by atoms with E-state index >= 15 is 0 Å². The van der Waals surface area contributed by atoms with Crippen LogP contribution in [0.25, 0.3) is 67.0 Å². The van der Waals surface area contributed by atoms with E-state index in [9.17, 15) is 0 Å². The van der Waals surface area contributed by atoms with Gasteiger partial charge < -0.3 is 0 Å². The lowest BCUT2D eigenvalue weighted by molar-refractivity contribution is 0.651. The Morgan fingerprint density at radius 2 is 0.543 bits per heavy atom. The highest BCUT2D eigenvalue weighted by atomic mass is 14.9. The zero-order chi connectivity index (χ0) is 30.7. The summed E-state index contributed by atoms with van der Waals surface area (Å²) in [5.74, 6) is 0. The lowest BCUT2D eigenvalue weighted by Crippen LogP contribution is -2.10. The van der Waals surface area contributed by atoms with E-state index < -0.39 is 0 Å². The van der Waals surface area contributed by atoms with E-state index in [0.717, 1.165) is 59.6 Å². The van der Waals surface area contributed by atoms with Crippen molar-refractivity contribution in [1.82, 2.24) is 9.97 Å². The van der Waals surface area contributed by atoms with Crippen LogP contribution in [0.3, 0.4) is 0 Å². The van der Waals surface area contributed by atoms with Gasteiger partial charge in [-0.2, -0.15) is 0 Å². The minimum absolute atomic E-state index is 0.944. The Morgan fingerprint density at radius 3 is 0.826 bits per heavy atom. The summed E-state index contributed by atoms with van der Waals surface area (Å²) in [5.41, 5.74) is 15.8. The van der Waals surface area contributed by atoms with E-state index in [1.54, 1.807) is 0 Å². The lowest BCUT2D eigenvalue weighted by Gasteiger charge is -2.20. The van der Waals surface area contributed by atoms with Crippen molar-refractivity contribution in [2.75, 3.05) is 0 Å². The van der Waals surface area contributed by atoms with E-state index in [-0.39, 0.29) is 0 Å². The van der Waals surface area contributed by atoms with Crippen LogP contribution in [0.4, 0.5) is 0 Å². The zero-order valence-electron chi connectivity index (χ0n) is 25.7. The molecule has 0 aliphatic heterocycles. The molecule has 2 nitrogen and oxygen atoms in total. The Balaban J connectivity index is 1.39. The third kappa shape index (κ3) is 5.66. The molecule has 2 heteroatoms. The van der Waals surface area contributed by atoms with Crippen LogP contribution in [0.15, 0.2) is 158 Å². The van der Waals surface area contributed by atoms with Crippen molar-refractivity contribution in [3.05, 3.63) is 169 Å².